The minimum Gasteiger partial charge on any atom is -0.349 e. The second-order valence-corrected chi connectivity index (χ2v) is 5.85. The second-order valence-electron chi connectivity index (χ2n) is 4.82. The number of nitrogens with one attached hydrogen (secondary N) is 1. The van der Waals surface area contributed by atoms with Crippen LogP contribution in [0.3, 0.4) is 0 Å². The summed E-state index contributed by atoms with van der Waals surface area (Å²) in [4.78, 5) is 8.44. The van der Waals surface area contributed by atoms with Crippen LogP contribution >= 0.6 is 11.3 Å². The lowest BCUT2D eigenvalue weighted by Crippen LogP contribution is -2.30. The molecule has 4 heteroatoms. The number of hydrogen-bond acceptors (Lipinski definition) is 4. The van der Waals surface area contributed by atoms with Crippen LogP contribution in [0.15, 0.2) is 35.7 Å². The van der Waals surface area contributed by atoms with Crippen molar-refractivity contribution in [2.45, 2.75) is 33.0 Å². The van der Waals surface area contributed by atoms with E-state index >= 15 is 0 Å². The molecule has 102 valence electrons. The number of aromatic nitrogens is 1. The van der Waals surface area contributed by atoms with Gasteiger partial charge in [-0.25, -0.2) is 4.98 Å². The molecule has 0 saturated heterocycles. The van der Waals surface area contributed by atoms with Gasteiger partial charge < -0.3 is 10.2 Å². The van der Waals surface area contributed by atoms with E-state index in [1.165, 1.54) is 4.88 Å². The van der Waals surface area contributed by atoms with Crippen LogP contribution in [0.1, 0.15) is 24.4 Å². The number of anilines is 1. The summed E-state index contributed by atoms with van der Waals surface area (Å²) in [7, 11) is 1.94. The van der Waals surface area contributed by atoms with Gasteiger partial charge in [-0.15, -0.1) is 11.3 Å². The normalized spacial score (nSPS) is 10.9. The van der Waals surface area contributed by atoms with Crippen LogP contribution in [0.4, 0.5) is 5.82 Å². The summed E-state index contributed by atoms with van der Waals surface area (Å²) in [6, 6.07) is 10.9. The highest BCUT2D eigenvalue weighted by Crippen LogP contribution is 2.20. The molecule has 0 aliphatic heterocycles. The molecule has 0 aliphatic carbocycles. The van der Waals surface area contributed by atoms with Crippen LogP contribution in [0.25, 0.3) is 0 Å². The minimum absolute atomic E-state index is 0.430. The zero-order valence-electron chi connectivity index (χ0n) is 11.8. The van der Waals surface area contributed by atoms with E-state index in [1.807, 2.05) is 7.05 Å². The summed E-state index contributed by atoms with van der Waals surface area (Å²) in [5.41, 5.74) is 1.08. The maximum absolute atomic E-state index is 4.73. The second kappa shape index (κ2) is 6.68. The Labute approximate surface area is 119 Å². The van der Waals surface area contributed by atoms with Crippen molar-refractivity contribution >= 4 is 17.2 Å². The smallest absolute Gasteiger partial charge is 0.129 e. The molecule has 2 rings (SSSR count). The van der Waals surface area contributed by atoms with Gasteiger partial charge in [-0.2, -0.15) is 0 Å². The third kappa shape index (κ3) is 3.78. The molecule has 0 amide bonds. The van der Waals surface area contributed by atoms with Gasteiger partial charge in [0, 0.05) is 17.5 Å². The molecule has 2 heterocycles. The van der Waals surface area contributed by atoms with Crippen LogP contribution in [-0.4, -0.2) is 18.1 Å². The van der Waals surface area contributed by atoms with E-state index in [9.17, 15) is 0 Å². The zero-order valence-corrected chi connectivity index (χ0v) is 12.6. The Morgan fingerprint density at radius 1 is 1.26 bits per heavy atom. The Balaban J connectivity index is 2.20. The van der Waals surface area contributed by atoms with Crippen LogP contribution < -0.4 is 10.2 Å². The first kappa shape index (κ1) is 14.0. The fourth-order valence-electron chi connectivity index (χ4n) is 2.01. The summed E-state index contributed by atoms with van der Waals surface area (Å²) in [5.74, 6) is 1.05. The highest BCUT2D eigenvalue weighted by atomic mass is 32.1. The Morgan fingerprint density at radius 2 is 2.11 bits per heavy atom. The molecule has 0 saturated carbocycles. The Bertz CT molecular complexity index is 494. The summed E-state index contributed by atoms with van der Waals surface area (Å²) >= 11 is 1.80. The quantitative estimate of drug-likeness (QED) is 0.877. The van der Waals surface area contributed by atoms with Gasteiger partial charge in [0.05, 0.1) is 12.2 Å². The molecule has 0 spiro atoms. The molecule has 2 aromatic heterocycles. The summed E-state index contributed by atoms with van der Waals surface area (Å²) in [6.07, 6.45) is 0. The largest absolute Gasteiger partial charge is 0.349 e. The predicted molar refractivity (Wildman–Crippen MR) is 82.6 cm³/mol. The van der Waals surface area contributed by atoms with E-state index in [0.717, 1.165) is 24.6 Å². The molecule has 1 N–H and O–H groups in total. The summed E-state index contributed by atoms with van der Waals surface area (Å²) < 4.78 is 0. The van der Waals surface area contributed by atoms with Crippen molar-refractivity contribution in [1.29, 1.82) is 0 Å². The molecule has 0 bridgehead atoms. The van der Waals surface area contributed by atoms with Gasteiger partial charge in [-0.3, -0.25) is 0 Å². The molecule has 0 atom stereocenters. The zero-order chi connectivity index (χ0) is 13.7. The van der Waals surface area contributed by atoms with Crippen LogP contribution in [0, 0.1) is 0 Å². The highest BCUT2D eigenvalue weighted by molar-refractivity contribution is 7.09. The van der Waals surface area contributed by atoms with Gasteiger partial charge in [0.2, 0.25) is 0 Å². The lowest BCUT2D eigenvalue weighted by Gasteiger charge is -2.27. The van der Waals surface area contributed by atoms with Gasteiger partial charge in [0.1, 0.15) is 5.82 Å². The fraction of sp³-hybridized carbons (Fsp3) is 0.400. The Morgan fingerprint density at radius 3 is 2.74 bits per heavy atom. The average molecular weight is 275 g/mol. The van der Waals surface area contributed by atoms with E-state index in [1.54, 1.807) is 11.3 Å². The molecule has 2 aromatic rings. The number of hydrogen-bond donors (Lipinski definition) is 1. The van der Waals surface area contributed by atoms with E-state index in [2.05, 4.69) is 59.8 Å². The van der Waals surface area contributed by atoms with Crippen molar-refractivity contribution in [3.63, 3.8) is 0 Å². The van der Waals surface area contributed by atoms with Crippen LogP contribution in [0.2, 0.25) is 0 Å². The number of thiophene rings is 1. The van der Waals surface area contributed by atoms with Crippen LogP contribution in [0.5, 0.6) is 0 Å². The Hall–Kier alpha value is -1.39. The average Bonchev–Trinajstić information content (AvgIpc) is 2.89. The number of nitrogens with zero attached hydrogens (tertiary/aromatic N) is 2. The van der Waals surface area contributed by atoms with Gasteiger partial charge in [-0.05, 0) is 44.5 Å². The maximum atomic E-state index is 4.73. The fourth-order valence-corrected chi connectivity index (χ4v) is 2.71. The third-order valence-electron chi connectivity index (χ3n) is 2.97. The number of pyridine rings is 1. The summed E-state index contributed by atoms with van der Waals surface area (Å²) in [5, 5.41) is 5.27. The topological polar surface area (TPSA) is 28.2 Å². The first-order valence-corrected chi connectivity index (χ1v) is 7.48. The van der Waals surface area contributed by atoms with Crippen molar-refractivity contribution in [3.05, 3.63) is 46.3 Å². The number of rotatable bonds is 6. The summed E-state index contributed by atoms with van der Waals surface area (Å²) in [6.45, 7) is 6.14. The van der Waals surface area contributed by atoms with E-state index < -0.39 is 0 Å². The van der Waals surface area contributed by atoms with E-state index in [4.69, 9.17) is 4.98 Å². The molecule has 0 aliphatic rings. The SMILES string of the molecule is CNCc1cccc(N(Cc2cccs2)C(C)C)n1. The standard InChI is InChI=1S/C15H21N3S/c1-12(2)18(11-14-7-5-9-19-14)15-8-4-6-13(17-15)10-16-3/h4-9,12,16H,10-11H2,1-3H3. The molecule has 19 heavy (non-hydrogen) atoms. The van der Waals surface area contributed by atoms with Crippen molar-refractivity contribution < 1.29 is 0 Å². The molecule has 0 radical (unpaired) electrons. The molecular formula is C15H21N3S. The first-order chi connectivity index (χ1) is 9.20. The minimum atomic E-state index is 0.430. The molecule has 0 aromatic carbocycles. The maximum Gasteiger partial charge on any atom is 0.129 e. The van der Waals surface area contributed by atoms with E-state index in [-0.39, 0.29) is 0 Å². The van der Waals surface area contributed by atoms with Crippen molar-refractivity contribution in [1.82, 2.24) is 10.3 Å². The van der Waals surface area contributed by atoms with Gasteiger partial charge >= 0.3 is 0 Å². The molecule has 0 fully saturated rings. The molecule has 3 nitrogen and oxygen atoms in total. The predicted octanol–water partition coefficient (Wildman–Crippen LogP) is 3.28. The van der Waals surface area contributed by atoms with E-state index in [0.29, 0.717) is 6.04 Å². The van der Waals surface area contributed by atoms with Crippen LogP contribution in [-0.2, 0) is 13.1 Å². The van der Waals surface area contributed by atoms with Crippen molar-refractivity contribution in [2.75, 3.05) is 11.9 Å². The lowest BCUT2D eigenvalue weighted by atomic mass is 10.2. The van der Waals surface area contributed by atoms with Gasteiger partial charge in [-0.1, -0.05) is 12.1 Å². The molecule has 0 unspecified atom stereocenters. The highest BCUT2D eigenvalue weighted by Gasteiger charge is 2.13. The van der Waals surface area contributed by atoms with Crippen molar-refractivity contribution in [2.24, 2.45) is 0 Å². The van der Waals surface area contributed by atoms with Gasteiger partial charge in [0.25, 0.3) is 0 Å². The first-order valence-electron chi connectivity index (χ1n) is 6.60. The third-order valence-corrected chi connectivity index (χ3v) is 3.84. The monoisotopic (exact) mass is 275 g/mol. The van der Waals surface area contributed by atoms with Crippen molar-refractivity contribution in [3.8, 4) is 0 Å². The lowest BCUT2D eigenvalue weighted by molar-refractivity contribution is 0.672. The Kier molecular flexibility index (Phi) is 4.93. The van der Waals surface area contributed by atoms with Gasteiger partial charge in [0.15, 0.2) is 0 Å². The molecular weight excluding hydrogens is 254 g/mol.